The minimum atomic E-state index is -2.87. The fourth-order valence-electron chi connectivity index (χ4n) is 2.14. The Morgan fingerprint density at radius 2 is 1.71 bits per heavy atom. The summed E-state index contributed by atoms with van der Waals surface area (Å²) in [6.07, 6.45) is 1.34. The summed E-state index contributed by atoms with van der Waals surface area (Å²) in [4.78, 5) is 0. The highest BCUT2D eigenvalue weighted by Crippen LogP contribution is 2.22. The number of halogens is 3. The predicted octanol–water partition coefficient (Wildman–Crippen LogP) is 3.67. The third-order valence-electron chi connectivity index (χ3n) is 3.15. The first-order valence-electron chi connectivity index (χ1n) is 6.59. The van der Waals surface area contributed by atoms with Gasteiger partial charge >= 0.3 is 6.61 Å². The fraction of sp³-hybridized carbons (Fsp3) is 0.250. The monoisotopic (exact) mass is 295 g/mol. The Bertz CT molecular complexity index is 602. The number of aryl methyl sites for hydroxylation is 2. The lowest BCUT2D eigenvalue weighted by Crippen LogP contribution is -2.07. The van der Waals surface area contributed by atoms with Gasteiger partial charge in [0.15, 0.2) is 0 Å². The van der Waals surface area contributed by atoms with Gasteiger partial charge in [0, 0.05) is 12.1 Å². The molecule has 0 aliphatic carbocycles. The van der Waals surface area contributed by atoms with E-state index < -0.39 is 6.61 Å². The van der Waals surface area contributed by atoms with Gasteiger partial charge < -0.3 is 10.5 Å². The fourth-order valence-corrected chi connectivity index (χ4v) is 2.14. The van der Waals surface area contributed by atoms with Crippen molar-refractivity contribution in [3.05, 3.63) is 65.0 Å². The van der Waals surface area contributed by atoms with Crippen LogP contribution in [0, 0.1) is 5.82 Å². The molecule has 2 aromatic rings. The van der Waals surface area contributed by atoms with Crippen LogP contribution in [-0.2, 0) is 19.4 Å². The molecule has 0 aliphatic heterocycles. The van der Waals surface area contributed by atoms with Crippen molar-refractivity contribution >= 4 is 0 Å². The van der Waals surface area contributed by atoms with Gasteiger partial charge in [-0.25, -0.2) is 4.39 Å². The van der Waals surface area contributed by atoms with Crippen molar-refractivity contribution in [3.8, 4) is 5.75 Å². The molecule has 0 spiro atoms. The van der Waals surface area contributed by atoms with E-state index in [-0.39, 0.29) is 18.1 Å². The molecule has 0 unspecified atom stereocenters. The minimum absolute atomic E-state index is 0.0991. The number of hydrogen-bond acceptors (Lipinski definition) is 2. The average molecular weight is 295 g/mol. The summed E-state index contributed by atoms with van der Waals surface area (Å²) in [6.45, 7) is -2.75. The second kappa shape index (κ2) is 7.13. The summed E-state index contributed by atoms with van der Waals surface area (Å²) < 4.78 is 42.0. The maximum Gasteiger partial charge on any atom is 0.387 e. The normalized spacial score (nSPS) is 10.9. The van der Waals surface area contributed by atoms with Crippen LogP contribution in [0.2, 0.25) is 0 Å². The van der Waals surface area contributed by atoms with E-state index in [4.69, 9.17) is 5.73 Å². The molecule has 0 saturated heterocycles. The van der Waals surface area contributed by atoms with Gasteiger partial charge in [-0.05, 0) is 42.2 Å². The number of ether oxygens (including phenoxy) is 1. The van der Waals surface area contributed by atoms with Crippen molar-refractivity contribution in [2.75, 3.05) is 0 Å². The summed E-state index contributed by atoms with van der Waals surface area (Å²) in [5.74, 6) is -0.169. The van der Waals surface area contributed by atoms with E-state index in [1.165, 1.54) is 18.2 Å². The van der Waals surface area contributed by atoms with E-state index >= 15 is 0 Å². The lowest BCUT2D eigenvalue weighted by Gasteiger charge is -2.11. The van der Waals surface area contributed by atoms with Crippen LogP contribution in [0.1, 0.15) is 16.7 Å². The van der Waals surface area contributed by atoms with Crippen LogP contribution in [0.15, 0.2) is 42.5 Å². The largest absolute Gasteiger partial charge is 0.434 e. The molecule has 112 valence electrons. The molecule has 0 saturated carbocycles. The molecule has 0 aliphatic rings. The Kier molecular flexibility index (Phi) is 5.22. The molecule has 5 heteroatoms. The zero-order chi connectivity index (χ0) is 15.2. The van der Waals surface area contributed by atoms with E-state index in [0.717, 1.165) is 11.1 Å². The van der Waals surface area contributed by atoms with Crippen LogP contribution >= 0.6 is 0 Å². The summed E-state index contributed by atoms with van der Waals surface area (Å²) in [6, 6.07) is 11.4. The van der Waals surface area contributed by atoms with E-state index in [9.17, 15) is 13.2 Å². The zero-order valence-electron chi connectivity index (χ0n) is 11.4. The Labute approximate surface area is 121 Å². The van der Waals surface area contributed by atoms with Crippen LogP contribution in [0.5, 0.6) is 5.75 Å². The number of benzene rings is 2. The van der Waals surface area contributed by atoms with Gasteiger partial charge in [0.25, 0.3) is 0 Å². The summed E-state index contributed by atoms with van der Waals surface area (Å²) in [7, 11) is 0. The molecular weight excluding hydrogens is 279 g/mol. The molecule has 21 heavy (non-hydrogen) atoms. The lowest BCUT2D eigenvalue weighted by atomic mass is 10.0. The molecule has 0 heterocycles. The van der Waals surface area contributed by atoms with Gasteiger partial charge in [0.05, 0.1) is 0 Å². The van der Waals surface area contributed by atoms with E-state index in [0.29, 0.717) is 18.4 Å². The maximum absolute atomic E-state index is 13.1. The zero-order valence-corrected chi connectivity index (χ0v) is 11.4. The van der Waals surface area contributed by atoms with Crippen molar-refractivity contribution < 1.29 is 17.9 Å². The Balaban J connectivity index is 2.07. The highest BCUT2D eigenvalue weighted by molar-refractivity contribution is 5.37. The quantitative estimate of drug-likeness (QED) is 0.882. The van der Waals surface area contributed by atoms with Crippen LogP contribution in [-0.4, -0.2) is 6.61 Å². The van der Waals surface area contributed by atoms with Crippen molar-refractivity contribution in [1.82, 2.24) is 0 Å². The van der Waals surface area contributed by atoms with Gasteiger partial charge in [-0.3, -0.25) is 0 Å². The molecule has 0 radical (unpaired) electrons. The van der Waals surface area contributed by atoms with Crippen LogP contribution < -0.4 is 10.5 Å². The van der Waals surface area contributed by atoms with E-state index in [1.807, 2.05) is 6.07 Å². The topological polar surface area (TPSA) is 35.2 Å². The summed E-state index contributed by atoms with van der Waals surface area (Å²) in [5.41, 5.74) is 7.91. The molecule has 0 bridgehead atoms. The Morgan fingerprint density at radius 3 is 2.33 bits per heavy atom. The molecule has 0 aromatic heterocycles. The van der Waals surface area contributed by atoms with Crippen LogP contribution in [0.3, 0.4) is 0 Å². The molecule has 2 nitrogen and oxygen atoms in total. The Morgan fingerprint density at radius 1 is 1.00 bits per heavy atom. The van der Waals surface area contributed by atoms with Gasteiger partial charge in [-0.1, -0.05) is 24.3 Å². The number of hydrogen-bond donors (Lipinski definition) is 1. The number of rotatable bonds is 6. The minimum Gasteiger partial charge on any atom is -0.434 e. The van der Waals surface area contributed by atoms with Gasteiger partial charge in [0.2, 0.25) is 0 Å². The van der Waals surface area contributed by atoms with Gasteiger partial charge in [0.1, 0.15) is 11.6 Å². The molecule has 0 amide bonds. The van der Waals surface area contributed by atoms with Crippen molar-refractivity contribution in [2.24, 2.45) is 5.73 Å². The summed E-state index contributed by atoms with van der Waals surface area (Å²) >= 11 is 0. The first-order valence-corrected chi connectivity index (χ1v) is 6.59. The van der Waals surface area contributed by atoms with Gasteiger partial charge in [-0.2, -0.15) is 8.78 Å². The van der Waals surface area contributed by atoms with E-state index in [2.05, 4.69) is 4.74 Å². The molecule has 2 aromatic carbocycles. The molecule has 2 N–H and O–H groups in total. The number of alkyl halides is 2. The first kappa shape index (κ1) is 15.4. The van der Waals surface area contributed by atoms with E-state index in [1.54, 1.807) is 18.2 Å². The second-order valence-corrected chi connectivity index (χ2v) is 4.65. The van der Waals surface area contributed by atoms with Crippen LogP contribution in [0.25, 0.3) is 0 Å². The summed E-state index contributed by atoms with van der Waals surface area (Å²) in [5, 5.41) is 0. The average Bonchev–Trinajstić information content (AvgIpc) is 2.45. The second-order valence-electron chi connectivity index (χ2n) is 4.65. The lowest BCUT2D eigenvalue weighted by molar-refractivity contribution is -0.0504. The Hall–Kier alpha value is -2.01. The van der Waals surface area contributed by atoms with Gasteiger partial charge in [-0.15, -0.1) is 0 Å². The van der Waals surface area contributed by atoms with Crippen LogP contribution in [0.4, 0.5) is 13.2 Å². The first-order chi connectivity index (χ1) is 10.1. The maximum atomic E-state index is 13.1. The smallest absolute Gasteiger partial charge is 0.387 e. The standard InChI is InChI=1S/C16H16F3NO/c17-14-3-1-2-11(9-14)4-5-12-6-7-15(21-16(18)19)13(8-12)10-20/h1-3,6-9,16H,4-5,10,20H2. The van der Waals surface area contributed by atoms with Crippen molar-refractivity contribution in [2.45, 2.75) is 26.0 Å². The molecule has 2 rings (SSSR count). The number of nitrogens with two attached hydrogens (primary N) is 1. The predicted molar refractivity (Wildman–Crippen MR) is 74.8 cm³/mol. The highest BCUT2D eigenvalue weighted by Gasteiger charge is 2.09. The highest BCUT2D eigenvalue weighted by atomic mass is 19.3. The molecule has 0 fully saturated rings. The third kappa shape index (κ3) is 4.49. The SMILES string of the molecule is NCc1cc(CCc2cccc(F)c2)ccc1OC(F)F. The molecular formula is C16H16F3NO. The van der Waals surface area contributed by atoms with Crippen molar-refractivity contribution in [3.63, 3.8) is 0 Å². The third-order valence-corrected chi connectivity index (χ3v) is 3.15. The van der Waals surface area contributed by atoms with Crippen molar-refractivity contribution in [1.29, 1.82) is 0 Å². The molecule has 0 atom stereocenters.